The van der Waals surface area contributed by atoms with Crippen molar-refractivity contribution in [3.8, 4) is 0 Å². The van der Waals surface area contributed by atoms with Gasteiger partial charge in [-0.2, -0.15) is 11.8 Å². The Morgan fingerprint density at radius 2 is 2.14 bits per heavy atom. The minimum atomic E-state index is -0.449. The average molecular weight is 305 g/mol. The quantitative estimate of drug-likeness (QED) is 0.828. The molecule has 0 bridgehead atoms. The highest BCUT2D eigenvalue weighted by atomic mass is 32.2. The smallest absolute Gasteiger partial charge is 0.361 e. The molecule has 5 nitrogen and oxygen atoms in total. The SMILES string of the molecule is CCOC(=O)c1nnc2ccccc2c1NC(C)CSC. The van der Waals surface area contributed by atoms with Crippen LogP contribution in [-0.2, 0) is 4.74 Å². The van der Waals surface area contributed by atoms with Gasteiger partial charge in [0.15, 0.2) is 5.69 Å². The number of aromatic nitrogens is 2. The van der Waals surface area contributed by atoms with Crippen molar-refractivity contribution in [1.29, 1.82) is 0 Å². The van der Waals surface area contributed by atoms with Crippen LogP contribution < -0.4 is 5.32 Å². The number of hydrogen-bond donors (Lipinski definition) is 1. The number of benzene rings is 1. The molecule has 0 aliphatic rings. The maximum Gasteiger partial charge on any atom is 0.361 e. The number of anilines is 1. The van der Waals surface area contributed by atoms with Crippen LogP contribution in [0.25, 0.3) is 10.9 Å². The fourth-order valence-corrected chi connectivity index (χ4v) is 2.66. The zero-order valence-corrected chi connectivity index (χ0v) is 13.2. The lowest BCUT2D eigenvalue weighted by atomic mass is 10.1. The molecule has 6 heteroatoms. The molecule has 0 amide bonds. The van der Waals surface area contributed by atoms with Crippen molar-refractivity contribution in [3.63, 3.8) is 0 Å². The van der Waals surface area contributed by atoms with Gasteiger partial charge < -0.3 is 10.1 Å². The average Bonchev–Trinajstić information content (AvgIpc) is 2.48. The summed E-state index contributed by atoms with van der Waals surface area (Å²) in [6.45, 7) is 4.16. The van der Waals surface area contributed by atoms with E-state index in [9.17, 15) is 4.79 Å². The molecule has 0 spiro atoms. The molecular formula is C15H19N3O2S. The number of ether oxygens (including phenoxy) is 1. The van der Waals surface area contributed by atoms with Crippen molar-refractivity contribution in [3.05, 3.63) is 30.0 Å². The topological polar surface area (TPSA) is 64.1 Å². The first-order chi connectivity index (χ1) is 10.2. The summed E-state index contributed by atoms with van der Waals surface area (Å²) in [6, 6.07) is 7.84. The monoisotopic (exact) mass is 305 g/mol. The minimum absolute atomic E-state index is 0.209. The van der Waals surface area contributed by atoms with Crippen molar-refractivity contribution in [2.24, 2.45) is 0 Å². The maximum absolute atomic E-state index is 12.1. The zero-order chi connectivity index (χ0) is 15.2. The van der Waals surface area contributed by atoms with Crippen LogP contribution in [0.1, 0.15) is 24.3 Å². The first-order valence-electron chi connectivity index (χ1n) is 6.85. The predicted octanol–water partition coefficient (Wildman–Crippen LogP) is 2.97. The fraction of sp³-hybridized carbons (Fsp3) is 0.400. The second-order valence-electron chi connectivity index (χ2n) is 4.66. The molecule has 112 valence electrons. The Labute approximate surface area is 128 Å². The number of rotatable bonds is 6. The highest BCUT2D eigenvalue weighted by Crippen LogP contribution is 2.26. The van der Waals surface area contributed by atoms with Crippen LogP contribution in [0, 0.1) is 0 Å². The van der Waals surface area contributed by atoms with Gasteiger partial charge in [0.05, 0.1) is 17.8 Å². The fourth-order valence-electron chi connectivity index (χ4n) is 2.08. The Balaban J connectivity index is 2.49. The summed E-state index contributed by atoms with van der Waals surface area (Å²) in [7, 11) is 0. The van der Waals surface area contributed by atoms with Crippen molar-refractivity contribution < 1.29 is 9.53 Å². The summed E-state index contributed by atoms with van der Waals surface area (Å²) in [5.74, 6) is 0.480. The lowest BCUT2D eigenvalue weighted by molar-refractivity contribution is 0.0519. The zero-order valence-electron chi connectivity index (χ0n) is 12.4. The Hall–Kier alpha value is -1.82. The van der Waals surface area contributed by atoms with Gasteiger partial charge in [-0.1, -0.05) is 18.2 Å². The Kier molecular flexibility index (Phi) is 5.38. The van der Waals surface area contributed by atoms with Crippen molar-refractivity contribution in [2.45, 2.75) is 19.9 Å². The van der Waals surface area contributed by atoms with Gasteiger partial charge in [0.1, 0.15) is 0 Å². The largest absolute Gasteiger partial charge is 0.461 e. The van der Waals surface area contributed by atoms with Gasteiger partial charge in [-0.3, -0.25) is 0 Å². The van der Waals surface area contributed by atoms with Crippen LogP contribution >= 0.6 is 11.8 Å². The van der Waals surface area contributed by atoms with E-state index in [0.29, 0.717) is 12.3 Å². The normalized spacial score (nSPS) is 12.1. The van der Waals surface area contributed by atoms with Gasteiger partial charge in [-0.15, -0.1) is 10.2 Å². The molecule has 0 saturated heterocycles. The molecule has 1 unspecified atom stereocenters. The van der Waals surface area contributed by atoms with E-state index in [4.69, 9.17) is 4.74 Å². The van der Waals surface area contributed by atoms with Crippen LogP contribution in [0.3, 0.4) is 0 Å². The molecule has 1 aromatic carbocycles. The van der Waals surface area contributed by atoms with E-state index in [1.807, 2.05) is 30.5 Å². The second kappa shape index (κ2) is 7.26. The number of nitrogens with zero attached hydrogens (tertiary/aromatic N) is 2. The molecule has 0 aliphatic carbocycles. The molecule has 21 heavy (non-hydrogen) atoms. The summed E-state index contributed by atoms with van der Waals surface area (Å²) in [5, 5.41) is 12.4. The number of nitrogens with one attached hydrogen (secondary N) is 1. The predicted molar refractivity (Wildman–Crippen MR) is 87.0 cm³/mol. The van der Waals surface area contributed by atoms with Crippen molar-refractivity contribution in [1.82, 2.24) is 10.2 Å². The van der Waals surface area contributed by atoms with Crippen LogP contribution in [0.4, 0.5) is 5.69 Å². The third-order valence-corrected chi connectivity index (χ3v) is 3.78. The van der Waals surface area contributed by atoms with Gasteiger partial charge in [0.2, 0.25) is 0 Å². The number of esters is 1. The minimum Gasteiger partial charge on any atom is -0.461 e. The third kappa shape index (κ3) is 3.64. The Morgan fingerprint density at radius 1 is 1.38 bits per heavy atom. The number of thioether (sulfide) groups is 1. The highest BCUT2D eigenvalue weighted by Gasteiger charge is 2.19. The van der Waals surface area contributed by atoms with Gasteiger partial charge in [-0.05, 0) is 26.2 Å². The van der Waals surface area contributed by atoms with E-state index in [-0.39, 0.29) is 11.7 Å². The van der Waals surface area contributed by atoms with E-state index in [2.05, 4.69) is 22.4 Å². The van der Waals surface area contributed by atoms with Crippen LogP contribution in [0.5, 0.6) is 0 Å². The second-order valence-corrected chi connectivity index (χ2v) is 5.57. The highest BCUT2D eigenvalue weighted by molar-refractivity contribution is 7.98. The molecule has 2 aromatic rings. The van der Waals surface area contributed by atoms with Gasteiger partial charge in [0.25, 0.3) is 0 Å². The van der Waals surface area contributed by atoms with Gasteiger partial charge in [-0.25, -0.2) is 4.79 Å². The first kappa shape index (κ1) is 15.6. The van der Waals surface area contributed by atoms with Gasteiger partial charge in [0, 0.05) is 17.2 Å². The molecule has 1 heterocycles. The molecule has 1 atom stereocenters. The maximum atomic E-state index is 12.1. The molecule has 1 N–H and O–H groups in total. The Morgan fingerprint density at radius 3 is 2.86 bits per heavy atom. The summed E-state index contributed by atoms with van der Waals surface area (Å²) < 4.78 is 5.07. The van der Waals surface area contributed by atoms with E-state index in [1.54, 1.807) is 18.7 Å². The number of carbonyl (C=O) groups is 1. The van der Waals surface area contributed by atoms with Crippen LogP contribution in [0.2, 0.25) is 0 Å². The lowest BCUT2D eigenvalue weighted by Crippen LogP contribution is -2.21. The number of fused-ring (bicyclic) bond motifs is 1. The van der Waals surface area contributed by atoms with Crippen molar-refractivity contribution in [2.75, 3.05) is 23.9 Å². The lowest BCUT2D eigenvalue weighted by Gasteiger charge is -2.17. The van der Waals surface area contributed by atoms with Gasteiger partial charge >= 0.3 is 5.97 Å². The molecule has 0 radical (unpaired) electrons. The Bertz CT molecular complexity index is 633. The standard InChI is InChI=1S/C15H19N3O2S/c1-4-20-15(19)14-13(16-10(2)9-21-3)11-7-5-6-8-12(11)17-18-14/h5-8,10H,4,9H2,1-3H3,(H,16,17). The third-order valence-electron chi connectivity index (χ3n) is 2.94. The van der Waals surface area contributed by atoms with E-state index in [0.717, 1.165) is 16.7 Å². The summed E-state index contributed by atoms with van der Waals surface area (Å²) >= 11 is 1.74. The van der Waals surface area contributed by atoms with E-state index >= 15 is 0 Å². The number of hydrogen-bond acceptors (Lipinski definition) is 6. The molecule has 2 rings (SSSR count). The summed E-state index contributed by atoms with van der Waals surface area (Å²) in [5.41, 5.74) is 1.69. The molecule has 0 fully saturated rings. The first-order valence-corrected chi connectivity index (χ1v) is 8.24. The molecular weight excluding hydrogens is 286 g/mol. The van der Waals surface area contributed by atoms with E-state index in [1.165, 1.54) is 0 Å². The molecule has 0 saturated carbocycles. The van der Waals surface area contributed by atoms with E-state index < -0.39 is 5.97 Å². The molecule has 0 aliphatic heterocycles. The van der Waals surface area contributed by atoms with Crippen LogP contribution in [0.15, 0.2) is 24.3 Å². The van der Waals surface area contributed by atoms with Crippen LogP contribution in [-0.4, -0.2) is 40.8 Å². The number of carbonyl (C=O) groups excluding carboxylic acids is 1. The summed E-state index contributed by atoms with van der Waals surface area (Å²) in [6.07, 6.45) is 2.05. The molecule has 1 aromatic heterocycles. The van der Waals surface area contributed by atoms with Crippen molar-refractivity contribution >= 4 is 34.3 Å². The summed E-state index contributed by atoms with van der Waals surface area (Å²) in [4.78, 5) is 12.1.